The van der Waals surface area contributed by atoms with Crippen LogP contribution in [0.15, 0.2) is 103 Å². The van der Waals surface area contributed by atoms with Crippen LogP contribution >= 0.6 is 0 Å². The first kappa shape index (κ1) is 17.7. The Morgan fingerprint density at radius 3 is 1.45 bits per heavy atom. The van der Waals surface area contributed by atoms with Crippen molar-refractivity contribution in [2.75, 3.05) is 0 Å². The molecule has 0 saturated heterocycles. The molecule has 5 aromatic rings. The van der Waals surface area contributed by atoms with Crippen molar-refractivity contribution in [2.24, 2.45) is 0 Å². The summed E-state index contributed by atoms with van der Waals surface area (Å²) in [6, 6.07) is 37.3. The van der Waals surface area contributed by atoms with E-state index in [4.69, 9.17) is 0 Å². The summed E-state index contributed by atoms with van der Waals surface area (Å²) in [5.74, 6) is 0.461. The van der Waals surface area contributed by atoms with E-state index in [1.165, 1.54) is 49.4 Å². The van der Waals surface area contributed by atoms with Gasteiger partial charge in [0, 0.05) is 0 Å². The van der Waals surface area contributed by atoms with Crippen LogP contribution in [0.4, 0.5) is 0 Å². The van der Waals surface area contributed by atoms with Crippen molar-refractivity contribution in [1.82, 2.24) is 0 Å². The van der Waals surface area contributed by atoms with Crippen LogP contribution < -0.4 is 0 Å². The molecule has 0 aromatic heterocycles. The molecule has 0 radical (unpaired) electrons. The number of benzene rings is 5. The smallest absolute Gasteiger partial charge is 0.00204 e. The summed E-state index contributed by atoms with van der Waals surface area (Å²) >= 11 is 0. The Labute approximate surface area is 172 Å². The first-order chi connectivity index (χ1) is 14.3. The predicted octanol–water partition coefficient (Wildman–Crippen LogP) is 8.45. The summed E-state index contributed by atoms with van der Waals surface area (Å²) in [6.07, 6.45) is 0. The first-order valence-corrected chi connectivity index (χ1v) is 10.3. The molecule has 0 spiro atoms. The number of hydrogen-bond donors (Lipinski definition) is 0. The van der Waals surface area contributed by atoms with E-state index in [1.54, 1.807) is 0 Å². The van der Waals surface area contributed by atoms with Gasteiger partial charge in [0.2, 0.25) is 0 Å². The highest BCUT2D eigenvalue weighted by molar-refractivity contribution is 6.16. The molecule has 0 unspecified atom stereocenters. The Morgan fingerprint density at radius 2 is 0.897 bits per heavy atom. The Morgan fingerprint density at radius 1 is 0.448 bits per heavy atom. The lowest BCUT2D eigenvalue weighted by atomic mass is 9.83. The van der Waals surface area contributed by atoms with E-state index in [2.05, 4.69) is 117 Å². The van der Waals surface area contributed by atoms with E-state index >= 15 is 0 Å². The minimum Gasteiger partial charge on any atom is -0.0622 e. The van der Waals surface area contributed by atoms with Gasteiger partial charge in [-0.05, 0) is 55.3 Å². The van der Waals surface area contributed by atoms with Gasteiger partial charge in [-0.15, -0.1) is 0 Å². The molecule has 0 atom stereocenters. The van der Waals surface area contributed by atoms with Crippen molar-refractivity contribution < 1.29 is 0 Å². The van der Waals surface area contributed by atoms with E-state index in [0.717, 1.165) is 0 Å². The molecule has 0 aliphatic heterocycles. The molecule has 0 fully saturated rings. The summed E-state index contributed by atoms with van der Waals surface area (Å²) in [5.41, 5.74) is 6.60. The molecule has 29 heavy (non-hydrogen) atoms. The third-order valence-corrected chi connectivity index (χ3v) is 5.83. The summed E-state index contributed by atoms with van der Waals surface area (Å²) in [6.45, 7) is 4.59. The fourth-order valence-electron chi connectivity index (χ4n) is 4.64. The maximum Gasteiger partial charge on any atom is -0.00204 e. The second-order valence-electron chi connectivity index (χ2n) is 7.95. The molecule has 5 aromatic carbocycles. The maximum atomic E-state index is 2.30. The van der Waals surface area contributed by atoms with Crippen LogP contribution in [0.1, 0.15) is 25.3 Å². The molecular weight excluding hydrogens is 348 g/mol. The van der Waals surface area contributed by atoms with Gasteiger partial charge in [-0.2, -0.15) is 0 Å². The minimum absolute atomic E-state index is 0.461. The quantitative estimate of drug-likeness (QED) is 0.279. The van der Waals surface area contributed by atoms with Crippen LogP contribution in [0.2, 0.25) is 0 Å². The largest absolute Gasteiger partial charge is 0.0622 e. The van der Waals surface area contributed by atoms with Crippen LogP contribution in [-0.2, 0) is 0 Å². The monoisotopic (exact) mass is 372 g/mol. The van der Waals surface area contributed by atoms with Gasteiger partial charge in [0.05, 0.1) is 0 Å². The Bertz CT molecular complexity index is 1250. The molecule has 5 rings (SSSR count). The van der Waals surface area contributed by atoms with Gasteiger partial charge in [-0.25, -0.2) is 0 Å². The van der Waals surface area contributed by atoms with Crippen LogP contribution in [0, 0.1) is 0 Å². The Kier molecular flexibility index (Phi) is 4.41. The van der Waals surface area contributed by atoms with Crippen molar-refractivity contribution in [3.05, 3.63) is 109 Å². The van der Waals surface area contributed by atoms with Crippen molar-refractivity contribution in [2.45, 2.75) is 19.8 Å². The zero-order valence-electron chi connectivity index (χ0n) is 16.9. The summed E-state index contributed by atoms with van der Waals surface area (Å²) in [7, 11) is 0. The lowest BCUT2D eigenvalue weighted by molar-refractivity contribution is 0.885. The lowest BCUT2D eigenvalue weighted by Gasteiger charge is -2.20. The highest BCUT2D eigenvalue weighted by Crippen LogP contribution is 2.44. The van der Waals surface area contributed by atoms with Crippen molar-refractivity contribution in [3.63, 3.8) is 0 Å². The number of hydrogen-bond acceptors (Lipinski definition) is 0. The molecule has 0 bridgehead atoms. The summed E-state index contributed by atoms with van der Waals surface area (Å²) < 4.78 is 0. The molecule has 0 heteroatoms. The average Bonchev–Trinajstić information content (AvgIpc) is 2.77. The van der Waals surface area contributed by atoms with E-state index in [0.29, 0.717) is 5.92 Å². The van der Waals surface area contributed by atoms with E-state index in [-0.39, 0.29) is 0 Å². The van der Waals surface area contributed by atoms with E-state index < -0.39 is 0 Å². The van der Waals surface area contributed by atoms with Crippen LogP contribution in [0.3, 0.4) is 0 Å². The standard InChI is InChI=1S/C29H24/c1-20(2)28-24-16-8-10-18-26(24)29(27-19-11-9-17-25(27)28)23-15-7-6-14-22(23)21-12-4-3-5-13-21/h3-20H,1-2H3. The van der Waals surface area contributed by atoms with Gasteiger partial charge in [-0.1, -0.05) is 117 Å². The lowest BCUT2D eigenvalue weighted by Crippen LogP contribution is -1.96. The molecule has 0 heterocycles. The molecule has 0 amide bonds. The van der Waals surface area contributed by atoms with Gasteiger partial charge >= 0.3 is 0 Å². The van der Waals surface area contributed by atoms with E-state index in [1.807, 2.05) is 0 Å². The molecule has 0 aliphatic carbocycles. The molecule has 0 aliphatic rings. The zero-order valence-corrected chi connectivity index (χ0v) is 16.9. The molecule has 140 valence electrons. The molecular formula is C29H24. The van der Waals surface area contributed by atoms with Crippen molar-refractivity contribution in [1.29, 1.82) is 0 Å². The second-order valence-corrected chi connectivity index (χ2v) is 7.95. The van der Waals surface area contributed by atoms with E-state index in [9.17, 15) is 0 Å². The Balaban J connectivity index is 1.97. The van der Waals surface area contributed by atoms with Gasteiger partial charge in [0.1, 0.15) is 0 Å². The molecule has 0 N–H and O–H groups in total. The number of rotatable bonds is 3. The molecule has 0 nitrogen and oxygen atoms in total. The fourth-order valence-corrected chi connectivity index (χ4v) is 4.64. The van der Waals surface area contributed by atoms with Gasteiger partial charge in [-0.3, -0.25) is 0 Å². The zero-order chi connectivity index (χ0) is 19.8. The highest BCUT2D eigenvalue weighted by Gasteiger charge is 2.18. The van der Waals surface area contributed by atoms with Gasteiger partial charge < -0.3 is 0 Å². The van der Waals surface area contributed by atoms with Gasteiger partial charge in [0.15, 0.2) is 0 Å². The normalized spacial score (nSPS) is 11.4. The van der Waals surface area contributed by atoms with Crippen molar-refractivity contribution in [3.8, 4) is 22.3 Å². The number of fused-ring (bicyclic) bond motifs is 2. The van der Waals surface area contributed by atoms with Crippen LogP contribution in [0.5, 0.6) is 0 Å². The van der Waals surface area contributed by atoms with Crippen molar-refractivity contribution >= 4 is 21.5 Å². The van der Waals surface area contributed by atoms with Gasteiger partial charge in [0.25, 0.3) is 0 Å². The Hall–Kier alpha value is -3.38. The average molecular weight is 373 g/mol. The fraction of sp³-hybridized carbons (Fsp3) is 0.103. The third kappa shape index (κ3) is 2.93. The SMILES string of the molecule is CC(C)c1c2ccccc2c(-c2ccccc2-c2ccccc2)c2ccccc12. The summed E-state index contributed by atoms with van der Waals surface area (Å²) in [5, 5.41) is 5.38. The summed E-state index contributed by atoms with van der Waals surface area (Å²) in [4.78, 5) is 0. The van der Waals surface area contributed by atoms with Crippen LogP contribution in [-0.4, -0.2) is 0 Å². The maximum absolute atomic E-state index is 2.30. The first-order valence-electron chi connectivity index (χ1n) is 10.3. The topological polar surface area (TPSA) is 0 Å². The van der Waals surface area contributed by atoms with Crippen LogP contribution in [0.25, 0.3) is 43.8 Å². The third-order valence-electron chi connectivity index (χ3n) is 5.83. The predicted molar refractivity (Wildman–Crippen MR) is 126 cm³/mol. The molecule has 0 saturated carbocycles. The minimum atomic E-state index is 0.461. The second kappa shape index (κ2) is 7.22. The highest BCUT2D eigenvalue weighted by atomic mass is 14.2.